The van der Waals surface area contributed by atoms with Crippen molar-refractivity contribution in [2.75, 3.05) is 5.32 Å². The summed E-state index contributed by atoms with van der Waals surface area (Å²) in [6, 6.07) is 8.45. The van der Waals surface area contributed by atoms with Gasteiger partial charge in [-0.05, 0) is 32.0 Å². The molecule has 24 heavy (non-hydrogen) atoms. The molecule has 1 aromatic carbocycles. The summed E-state index contributed by atoms with van der Waals surface area (Å²) in [7, 11) is 0. The average Bonchev–Trinajstić information content (AvgIpc) is 2.87. The van der Waals surface area contributed by atoms with Crippen molar-refractivity contribution in [2.45, 2.75) is 32.6 Å². The van der Waals surface area contributed by atoms with E-state index in [-0.39, 0.29) is 17.9 Å². The summed E-state index contributed by atoms with van der Waals surface area (Å²) in [6.07, 6.45) is -0.106. The quantitative estimate of drug-likeness (QED) is 0.793. The van der Waals surface area contributed by atoms with Crippen LogP contribution in [-0.2, 0) is 4.79 Å². The first-order chi connectivity index (χ1) is 11.4. The van der Waals surface area contributed by atoms with E-state index in [9.17, 15) is 9.59 Å². The number of anilines is 1. The molecule has 1 aromatic heterocycles. The number of aromatic nitrogens is 2. The highest BCUT2D eigenvalue weighted by Crippen LogP contribution is 2.19. The zero-order chi connectivity index (χ0) is 17.3. The van der Waals surface area contributed by atoms with Crippen molar-refractivity contribution in [3.8, 4) is 0 Å². The van der Waals surface area contributed by atoms with Gasteiger partial charge in [0, 0.05) is 29.1 Å². The number of rotatable bonds is 3. The molecule has 2 unspecified atom stereocenters. The van der Waals surface area contributed by atoms with E-state index < -0.39 is 6.29 Å². The second-order valence-corrected chi connectivity index (χ2v) is 6.26. The van der Waals surface area contributed by atoms with Gasteiger partial charge in [-0.3, -0.25) is 14.9 Å². The Morgan fingerprint density at radius 3 is 2.92 bits per heavy atom. The molecule has 8 heteroatoms. The highest BCUT2D eigenvalue weighted by atomic mass is 35.5. The number of amides is 2. The van der Waals surface area contributed by atoms with E-state index in [1.54, 1.807) is 35.0 Å². The standard InChI is InChI=1S/C16H18ClN5O2/c1-9-7-14(23)20-16(18-9)22-13(6-10(2)21-22)19-15(24)11-4-3-5-12(17)8-11/h3-6,8-9,16,18H,7H2,1-2H3,(H,19,24)(H,20,23). The third-order valence-electron chi connectivity index (χ3n) is 3.66. The number of aryl methyl sites for hydroxylation is 1. The van der Waals surface area contributed by atoms with Crippen LogP contribution in [0.2, 0.25) is 5.02 Å². The van der Waals surface area contributed by atoms with Gasteiger partial charge >= 0.3 is 0 Å². The van der Waals surface area contributed by atoms with Crippen molar-refractivity contribution in [3.63, 3.8) is 0 Å². The molecule has 2 atom stereocenters. The molecular formula is C16H18ClN5O2. The monoisotopic (exact) mass is 347 g/mol. The Morgan fingerprint density at radius 1 is 1.42 bits per heavy atom. The Labute approximate surface area is 144 Å². The normalized spacial score (nSPS) is 20.5. The van der Waals surface area contributed by atoms with E-state index in [1.807, 2.05) is 13.8 Å². The Kier molecular flexibility index (Phi) is 4.55. The van der Waals surface area contributed by atoms with E-state index in [2.05, 4.69) is 21.0 Å². The van der Waals surface area contributed by atoms with E-state index in [1.165, 1.54) is 0 Å². The lowest BCUT2D eigenvalue weighted by atomic mass is 10.2. The third kappa shape index (κ3) is 3.58. The van der Waals surface area contributed by atoms with Crippen LogP contribution < -0.4 is 16.0 Å². The van der Waals surface area contributed by atoms with Gasteiger partial charge in [-0.2, -0.15) is 5.10 Å². The second-order valence-electron chi connectivity index (χ2n) is 5.82. The predicted molar refractivity (Wildman–Crippen MR) is 90.8 cm³/mol. The summed E-state index contributed by atoms with van der Waals surface area (Å²) in [6.45, 7) is 3.74. The molecule has 0 bridgehead atoms. The molecule has 2 aromatic rings. The summed E-state index contributed by atoms with van der Waals surface area (Å²) >= 11 is 5.93. The van der Waals surface area contributed by atoms with E-state index >= 15 is 0 Å². The molecule has 1 aliphatic rings. The highest BCUT2D eigenvalue weighted by Gasteiger charge is 2.26. The van der Waals surface area contributed by atoms with Gasteiger partial charge in [-0.15, -0.1) is 0 Å². The van der Waals surface area contributed by atoms with Crippen LogP contribution in [0.15, 0.2) is 30.3 Å². The lowest BCUT2D eigenvalue weighted by molar-refractivity contribution is -0.125. The summed E-state index contributed by atoms with van der Waals surface area (Å²) in [5, 5.41) is 13.7. The molecule has 1 aliphatic heterocycles. The molecule has 0 radical (unpaired) electrons. The molecular weight excluding hydrogens is 330 g/mol. The van der Waals surface area contributed by atoms with E-state index in [0.717, 1.165) is 5.69 Å². The lowest BCUT2D eigenvalue weighted by Crippen LogP contribution is -2.52. The molecule has 7 nitrogen and oxygen atoms in total. The molecule has 0 spiro atoms. The van der Waals surface area contributed by atoms with Crippen molar-refractivity contribution >= 4 is 29.2 Å². The molecule has 0 aliphatic carbocycles. The molecule has 1 saturated heterocycles. The molecule has 3 N–H and O–H groups in total. The number of carbonyl (C=O) groups is 2. The van der Waals surface area contributed by atoms with Gasteiger partial charge in [0.1, 0.15) is 5.82 Å². The topological polar surface area (TPSA) is 88.0 Å². The van der Waals surface area contributed by atoms with Crippen molar-refractivity contribution in [1.29, 1.82) is 0 Å². The zero-order valence-electron chi connectivity index (χ0n) is 13.3. The Balaban J connectivity index is 1.84. The SMILES string of the molecule is Cc1cc(NC(=O)c2cccc(Cl)c2)n(C2NC(=O)CC(C)N2)n1. The predicted octanol–water partition coefficient (Wildman–Crippen LogP) is 2.05. The maximum Gasteiger partial charge on any atom is 0.256 e. The zero-order valence-corrected chi connectivity index (χ0v) is 14.1. The Bertz CT molecular complexity index is 789. The van der Waals surface area contributed by atoms with Crippen LogP contribution >= 0.6 is 11.6 Å². The van der Waals surface area contributed by atoms with Gasteiger partial charge < -0.3 is 10.6 Å². The van der Waals surface area contributed by atoms with Crippen LogP contribution in [0.25, 0.3) is 0 Å². The molecule has 1 fully saturated rings. The number of nitrogens with one attached hydrogen (secondary N) is 3. The molecule has 2 amide bonds. The van der Waals surface area contributed by atoms with E-state index in [4.69, 9.17) is 11.6 Å². The number of carbonyl (C=O) groups excluding carboxylic acids is 2. The summed E-state index contributed by atoms with van der Waals surface area (Å²) < 4.78 is 1.56. The van der Waals surface area contributed by atoms with Gasteiger partial charge in [0.2, 0.25) is 5.91 Å². The van der Waals surface area contributed by atoms with Gasteiger partial charge in [0.15, 0.2) is 6.29 Å². The maximum absolute atomic E-state index is 12.4. The van der Waals surface area contributed by atoms with Gasteiger partial charge in [0.25, 0.3) is 5.91 Å². The average molecular weight is 348 g/mol. The summed E-state index contributed by atoms with van der Waals surface area (Å²) in [4.78, 5) is 24.2. The number of halogens is 1. The lowest BCUT2D eigenvalue weighted by Gasteiger charge is -2.30. The second kappa shape index (κ2) is 6.62. The minimum Gasteiger partial charge on any atom is -0.322 e. The molecule has 3 rings (SSSR count). The Morgan fingerprint density at radius 2 is 2.21 bits per heavy atom. The summed E-state index contributed by atoms with van der Waals surface area (Å²) in [5.74, 6) is 0.129. The van der Waals surface area contributed by atoms with Crippen molar-refractivity contribution < 1.29 is 9.59 Å². The first kappa shape index (κ1) is 16.5. The van der Waals surface area contributed by atoms with Crippen LogP contribution in [0.1, 0.15) is 35.7 Å². The minimum absolute atomic E-state index is 0.0183. The van der Waals surface area contributed by atoms with Crippen molar-refractivity contribution in [1.82, 2.24) is 20.4 Å². The minimum atomic E-state index is -0.510. The van der Waals surface area contributed by atoms with Gasteiger partial charge in [-0.25, -0.2) is 4.68 Å². The first-order valence-electron chi connectivity index (χ1n) is 7.61. The van der Waals surface area contributed by atoms with Gasteiger partial charge in [0.05, 0.1) is 5.69 Å². The highest BCUT2D eigenvalue weighted by molar-refractivity contribution is 6.31. The van der Waals surface area contributed by atoms with Crippen molar-refractivity contribution in [3.05, 3.63) is 46.6 Å². The number of benzene rings is 1. The first-order valence-corrected chi connectivity index (χ1v) is 7.98. The maximum atomic E-state index is 12.4. The fraction of sp³-hybridized carbons (Fsp3) is 0.312. The molecule has 0 saturated carbocycles. The summed E-state index contributed by atoms with van der Waals surface area (Å²) in [5.41, 5.74) is 1.17. The molecule has 126 valence electrons. The van der Waals surface area contributed by atoms with Crippen LogP contribution in [0.5, 0.6) is 0 Å². The number of nitrogens with zero attached hydrogens (tertiary/aromatic N) is 2. The van der Waals surface area contributed by atoms with Crippen LogP contribution in [0, 0.1) is 6.92 Å². The van der Waals surface area contributed by atoms with Gasteiger partial charge in [-0.1, -0.05) is 17.7 Å². The fourth-order valence-corrected chi connectivity index (χ4v) is 2.81. The smallest absolute Gasteiger partial charge is 0.256 e. The van der Waals surface area contributed by atoms with Crippen LogP contribution in [0.3, 0.4) is 0 Å². The largest absolute Gasteiger partial charge is 0.322 e. The number of hydrogen-bond acceptors (Lipinski definition) is 4. The Hall–Kier alpha value is -2.38. The van der Waals surface area contributed by atoms with Crippen LogP contribution in [-0.4, -0.2) is 27.6 Å². The third-order valence-corrected chi connectivity index (χ3v) is 3.90. The van der Waals surface area contributed by atoms with E-state index in [0.29, 0.717) is 22.8 Å². The van der Waals surface area contributed by atoms with Crippen molar-refractivity contribution in [2.24, 2.45) is 0 Å². The molecule has 2 heterocycles. The number of hydrogen-bond donors (Lipinski definition) is 3. The van der Waals surface area contributed by atoms with Crippen LogP contribution in [0.4, 0.5) is 5.82 Å². The fourth-order valence-electron chi connectivity index (χ4n) is 2.62.